The van der Waals surface area contributed by atoms with E-state index in [2.05, 4.69) is 17.0 Å². The van der Waals surface area contributed by atoms with E-state index in [1.807, 2.05) is 60.3 Å². The van der Waals surface area contributed by atoms with E-state index < -0.39 is 5.60 Å². The number of likely N-dealkylation sites (tertiary alicyclic amines) is 1. The molecule has 0 spiro atoms. The quantitative estimate of drug-likeness (QED) is 0.300. The maximum Gasteiger partial charge on any atom is 0.151 e. The second kappa shape index (κ2) is 12.1. The highest BCUT2D eigenvalue weighted by Gasteiger charge is 2.43. The molecule has 1 aliphatic carbocycles. The van der Waals surface area contributed by atoms with Crippen LogP contribution in [0, 0.1) is 23.6 Å². The van der Waals surface area contributed by atoms with E-state index in [-0.39, 0.29) is 11.7 Å². The molecule has 5 rings (SSSR count). The van der Waals surface area contributed by atoms with Crippen molar-refractivity contribution < 1.29 is 14.0 Å². The van der Waals surface area contributed by atoms with Gasteiger partial charge in [0.2, 0.25) is 0 Å². The Morgan fingerprint density at radius 1 is 1.03 bits per heavy atom. The van der Waals surface area contributed by atoms with E-state index in [1.54, 1.807) is 0 Å². The molecule has 1 saturated heterocycles. The Labute approximate surface area is 224 Å². The topological polar surface area (TPSA) is 49.5 Å². The molecule has 0 amide bonds. The largest absolute Gasteiger partial charge is 0.378 e. The monoisotopic (exact) mass is 522 g/mol. The van der Waals surface area contributed by atoms with E-state index in [1.165, 1.54) is 31.4 Å². The molecule has 0 bridgehead atoms. The molecule has 37 heavy (non-hydrogen) atoms. The summed E-state index contributed by atoms with van der Waals surface area (Å²) in [4.78, 5) is 3.59. The summed E-state index contributed by atoms with van der Waals surface area (Å²) in [5.41, 5.74) is 0.434. The van der Waals surface area contributed by atoms with Crippen molar-refractivity contribution in [2.24, 2.45) is 17.8 Å². The molecule has 1 saturated carbocycles. The summed E-state index contributed by atoms with van der Waals surface area (Å²) >= 11 is 1.82. The van der Waals surface area contributed by atoms with Gasteiger partial charge in [0.15, 0.2) is 5.76 Å². The SMILES string of the molecule is CCC1CCN(Cc2cc(C(O)(c3ccccc3)C3CCCCC3)no2)CC1CSc1ccc(F)cc1. The number of piperidine rings is 1. The molecule has 1 aromatic heterocycles. The van der Waals surface area contributed by atoms with Crippen LogP contribution in [0.25, 0.3) is 0 Å². The number of thioether (sulfide) groups is 1. The number of rotatable bonds is 9. The lowest BCUT2D eigenvalue weighted by atomic mass is 9.71. The third-order valence-electron chi connectivity index (χ3n) is 8.52. The summed E-state index contributed by atoms with van der Waals surface area (Å²) in [6.07, 6.45) is 7.89. The first-order valence-electron chi connectivity index (χ1n) is 13.9. The first-order chi connectivity index (χ1) is 18.1. The van der Waals surface area contributed by atoms with Crippen molar-refractivity contribution in [3.8, 4) is 0 Å². The van der Waals surface area contributed by atoms with Gasteiger partial charge in [0.05, 0.1) is 6.54 Å². The molecule has 0 radical (unpaired) electrons. The summed E-state index contributed by atoms with van der Waals surface area (Å²) < 4.78 is 19.2. The van der Waals surface area contributed by atoms with Gasteiger partial charge in [-0.2, -0.15) is 0 Å². The highest BCUT2D eigenvalue weighted by Crippen LogP contribution is 2.44. The van der Waals surface area contributed by atoms with Crippen LogP contribution in [0.3, 0.4) is 0 Å². The van der Waals surface area contributed by atoms with Crippen molar-refractivity contribution in [2.45, 2.75) is 68.9 Å². The van der Waals surface area contributed by atoms with Crippen LogP contribution in [-0.4, -0.2) is 34.0 Å². The first-order valence-corrected chi connectivity index (χ1v) is 14.9. The minimum absolute atomic E-state index is 0.148. The summed E-state index contributed by atoms with van der Waals surface area (Å²) in [6.45, 7) is 5.04. The number of hydrogen-bond acceptors (Lipinski definition) is 5. The number of hydrogen-bond donors (Lipinski definition) is 1. The van der Waals surface area contributed by atoms with Crippen LogP contribution >= 0.6 is 11.8 Å². The molecule has 3 aromatic rings. The van der Waals surface area contributed by atoms with Crippen molar-refractivity contribution in [3.05, 3.63) is 83.5 Å². The molecule has 2 heterocycles. The number of benzene rings is 2. The molecular weight excluding hydrogens is 483 g/mol. The van der Waals surface area contributed by atoms with Crippen molar-refractivity contribution in [1.29, 1.82) is 0 Å². The smallest absolute Gasteiger partial charge is 0.151 e. The van der Waals surface area contributed by atoms with Crippen LogP contribution in [0.2, 0.25) is 0 Å². The highest BCUT2D eigenvalue weighted by molar-refractivity contribution is 7.99. The molecule has 3 atom stereocenters. The minimum atomic E-state index is -1.12. The number of nitrogens with zero attached hydrogens (tertiary/aromatic N) is 2. The van der Waals surface area contributed by atoms with E-state index in [9.17, 15) is 9.50 Å². The van der Waals surface area contributed by atoms with Crippen LogP contribution in [0.15, 0.2) is 70.1 Å². The Morgan fingerprint density at radius 3 is 2.51 bits per heavy atom. The molecule has 4 nitrogen and oxygen atoms in total. The molecule has 3 unspecified atom stereocenters. The lowest BCUT2D eigenvalue weighted by Gasteiger charge is -2.38. The third-order valence-corrected chi connectivity index (χ3v) is 9.72. The van der Waals surface area contributed by atoms with Gasteiger partial charge in [-0.3, -0.25) is 4.90 Å². The summed E-state index contributed by atoms with van der Waals surface area (Å²) in [7, 11) is 0. The van der Waals surface area contributed by atoms with Crippen LogP contribution in [-0.2, 0) is 12.1 Å². The number of halogens is 1. The fraction of sp³-hybridized carbons (Fsp3) is 0.516. The molecule has 2 aromatic carbocycles. The summed E-state index contributed by atoms with van der Waals surface area (Å²) in [5.74, 6) is 3.07. The van der Waals surface area contributed by atoms with E-state index in [0.29, 0.717) is 24.1 Å². The molecule has 1 aliphatic heterocycles. The Hall–Kier alpha value is -2.15. The van der Waals surface area contributed by atoms with Crippen molar-refractivity contribution >= 4 is 11.8 Å². The lowest BCUT2D eigenvalue weighted by molar-refractivity contribution is -0.00682. The normalized spacial score (nSPS) is 23.1. The average molecular weight is 523 g/mol. The maximum atomic E-state index is 13.3. The van der Waals surface area contributed by atoms with Crippen LogP contribution < -0.4 is 0 Å². The summed E-state index contributed by atoms with van der Waals surface area (Å²) in [6, 6.07) is 18.8. The van der Waals surface area contributed by atoms with Gasteiger partial charge in [0.1, 0.15) is 17.1 Å². The van der Waals surface area contributed by atoms with Crippen LogP contribution in [0.5, 0.6) is 0 Å². The zero-order valence-electron chi connectivity index (χ0n) is 21.8. The van der Waals surface area contributed by atoms with Crippen LogP contribution in [0.4, 0.5) is 4.39 Å². The zero-order chi connectivity index (χ0) is 25.7. The standard InChI is InChI=1S/C31H39FN2O2S/c1-2-23-17-18-34(20-24(23)22-37-29-15-13-27(32)14-16-29)21-28-19-30(33-36-28)31(35,25-9-5-3-6-10-25)26-11-7-4-8-12-26/h3,5-6,9-10,13-16,19,23-24,26,35H,2,4,7-8,11-12,17-18,20-22H2,1H3. The molecule has 1 N–H and O–H groups in total. The van der Waals surface area contributed by atoms with Crippen molar-refractivity contribution in [3.63, 3.8) is 0 Å². The predicted octanol–water partition coefficient (Wildman–Crippen LogP) is 7.27. The maximum absolute atomic E-state index is 13.3. The first kappa shape index (κ1) is 26.5. The third kappa shape index (κ3) is 6.13. The second-order valence-electron chi connectivity index (χ2n) is 10.9. The van der Waals surface area contributed by atoms with E-state index >= 15 is 0 Å². The van der Waals surface area contributed by atoms with Gasteiger partial charge < -0.3 is 9.63 Å². The molecule has 198 valence electrons. The number of aromatic nitrogens is 1. The van der Waals surface area contributed by atoms with E-state index in [4.69, 9.17) is 4.52 Å². The Bertz CT molecular complexity index is 1120. The number of aliphatic hydroxyl groups is 1. The fourth-order valence-corrected chi connectivity index (χ4v) is 7.47. The predicted molar refractivity (Wildman–Crippen MR) is 147 cm³/mol. The van der Waals surface area contributed by atoms with Gasteiger partial charge in [-0.1, -0.05) is 68.1 Å². The highest BCUT2D eigenvalue weighted by atomic mass is 32.2. The van der Waals surface area contributed by atoms with Crippen LogP contribution in [0.1, 0.15) is 68.9 Å². The van der Waals surface area contributed by atoms with Gasteiger partial charge in [-0.25, -0.2) is 4.39 Å². The van der Waals surface area contributed by atoms with Gasteiger partial charge in [0, 0.05) is 23.3 Å². The Morgan fingerprint density at radius 2 is 1.78 bits per heavy atom. The zero-order valence-corrected chi connectivity index (χ0v) is 22.6. The fourth-order valence-electron chi connectivity index (χ4n) is 6.35. The minimum Gasteiger partial charge on any atom is -0.378 e. The molecule has 6 heteroatoms. The van der Waals surface area contributed by atoms with Gasteiger partial charge in [0.25, 0.3) is 0 Å². The average Bonchev–Trinajstić information content (AvgIpc) is 3.42. The van der Waals surface area contributed by atoms with Gasteiger partial charge in [-0.05, 0) is 73.4 Å². The van der Waals surface area contributed by atoms with E-state index in [0.717, 1.165) is 60.7 Å². The summed E-state index contributed by atoms with van der Waals surface area (Å²) in [5, 5.41) is 16.6. The van der Waals surface area contributed by atoms with Gasteiger partial charge in [-0.15, -0.1) is 11.8 Å². The van der Waals surface area contributed by atoms with Crippen molar-refractivity contribution in [2.75, 3.05) is 18.8 Å². The Balaban J connectivity index is 1.28. The second-order valence-corrected chi connectivity index (χ2v) is 12.0. The van der Waals surface area contributed by atoms with Crippen molar-refractivity contribution in [1.82, 2.24) is 10.1 Å². The molecular formula is C31H39FN2O2S. The molecule has 2 fully saturated rings. The lowest BCUT2D eigenvalue weighted by Crippen LogP contribution is -2.41. The van der Waals surface area contributed by atoms with Gasteiger partial charge >= 0.3 is 0 Å². The Kier molecular flexibility index (Phi) is 8.68. The molecule has 2 aliphatic rings.